The molecular weight excluding hydrogens is 314 g/mol. The molecule has 0 unspecified atom stereocenters. The van der Waals surface area contributed by atoms with E-state index in [9.17, 15) is 0 Å². The van der Waals surface area contributed by atoms with Gasteiger partial charge in [0, 0.05) is 24.6 Å². The second-order valence-corrected chi connectivity index (χ2v) is 6.99. The minimum absolute atomic E-state index is 0.506. The SMILES string of the molecule is c1cc(CCOC[C@H]2C[C@@H]2c2cncc(OC[C@@H]3CCN3)c2)ccn1. The maximum atomic E-state index is 5.86. The van der Waals surface area contributed by atoms with Crippen LogP contribution >= 0.6 is 0 Å². The van der Waals surface area contributed by atoms with Crippen molar-refractivity contribution in [1.82, 2.24) is 15.3 Å². The van der Waals surface area contributed by atoms with Gasteiger partial charge in [0.2, 0.25) is 0 Å². The summed E-state index contributed by atoms with van der Waals surface area (Å²) in [4.78, 5) is 8.38. The van der Waals surface area contributed by atoms with Gasteiger partial charge < -0.3 is 14.8 Å². The van der Waals surface area contributed by atoms with Crippen LogP contribution in [0.3, 0.4) is 0 Å². The van der Waals surface area contributed by atoms with E-state index in [2.05, 4.69) is 21.4 Å². The van der Waals surface area contributed by atoms with Gasteiger partial charge in [-0.15, -0.1) is 0 Å². The normalized spacial score (nSPS) is 24.6. The highest BCUT2D eigenvalue weighted by atomic mass is 16.5. The van der Waals surface area contributed by atoms with Gasteiger partial charge in [-0.25, -0.2) is 0 Å². The quantitative estimate of drug-likeness (QED) is 0.712. The molecule has 2 aromatic heterocycles. The molecule has 3 atom stereocenters. The Morgan fingerprint density at radius 1 is 1.12 bits per heavy atom. The van der Waals surface area contributed by atoms with Gasteiger partial charge in [0.25, 0.3) is 0 Å². The van der Waals surface area contributed by atoms with Gasteiger partial charge in [0.05, 0.1) is 19.4 Å². The third-order valence-electron chi connectivity index (χ3n) is 5.08. The summed E-state index contributed by atoms with van der Waals surface area (Å²) in [5.41, 5.74) is 2.55. The second-order valence-electron chi connectivity index (χ2n) is 6.99. The van der Waals surface area contributed by atoms with Crippen molar-refractivity contribution in [2.75, 3.05) is 26.4 Å². The van der Waals surface area contributed by atoms with Crippen molar-refractivity contribution in [2.24, 2.45) is 5.92 Å². The first-order valence-electron chi connectivity index (χ1n) is 9.16. The lowest BCUT2D eigenvalue weighted by molar-refractivity contribution is 0.126. The number of nitrogens with one attached hydrogen (secondary N) is 1. The Hall–Kier alpha value is -1.98. The number of hydrogen-bond acceptors (Lipinski definition) is 5. The van der Waals surface area contributed by atoms with Crippen LogP contribution in [0.15, 0.2) is 43.0 Å². The zero-order valence-electron chi connectivity index (χ0n) is 14.4. The van der Waals surface area contributed by atoms with E-state index in [0.717, 1.165) is 38.5 Å². The van der Waals surface area contributed by atoms with E-state index in [1.807, 2.05) is 36.9 Å². The topological polar surface area (TPSA) is 56.3 Å². The molecule has 1 aliphatic carbocycles. The van der Waals surface area contributed by atoms with Crippen molar-refractivity contribution >= 4 is 0 Å². The maximum absolute atomic E-state index is 5.86. The molecule has 5 nitrogen and oxygen atoms in total. The third-order valence-corrected chi connectivity index (χ3v) is 5.08. The number of pyridine rings is 2. The lowest BCUT2D eigenvalue weighted by atomic mass is 10.1. The predicted molar refractivity (Wildman–Crippen MR) is 95.7 cm³/mol. The van der Waals surface area contributed by atoms with Gasteiger partial charge in [-0.2, -0.15) is 0 Å². The van der Waals surface area contributed by atoms with Crippen LogP contribution in [0.25, 0.3) is 0 Å². The van der Waals surface area contributed by atoms with E-state index < -0.39 is 0 Å². The zero-order valence-corrected chi connectivity index (χ0v) is 14.4. The standard InChI is InChI=1S/C20H25N3O2/c1-5-21-6-2-15(1)4-8-24-13-17-10-20(17)16-9-19(12-22-11-16)25-14-18-3-7-23-18/h1-2,5-6,9,11-12,17-18,20,23H,3-4,7-8,10,13-14H2/t17-,18+,20-/m1/s1. The lowest BCUT2D eigenvalue weighted by Crippen LogP contribution is -2.46. The molecule has 0 bridgehead atoms. The highest BCUT2D eigenvalue weighted by molar-refractivity contribution is 5.30. The molecule has 25 heavy (non-hydrogen) atoms. The highest BCUT2D eigenvalue weighted by Crippen LogP contribution is 2.47. The summed E-state index contributed by atoms with van der Waals surface area (Å²) >= 11 is 0. The van der Waals surface area contributed by atoms with E-state index in [1.54, 1.807) is 0 Å². The molecule has 0 amide bonds. The largest absolute Gasteiger partial charge is 0.490 e. The van der Waals surface area contributed by atoms with Crippen LogP contribution in [0.1, 0.15) is 29.9 Å². The number of hydrogen-bond donors (Lipinski definition) is 1. The number of rotatable bonds is 9. The fourth-order valence-corrected chi connectivity index (χ4v) is 3.22. The van der Waals surface area contributed by atoms with E-state index >= 15 is 0 Å². The highest BCUT2D eigenvalue weighted by Gasteiger charge is 2.38. The molecule has 1 saturated carbocycles. The molecule has 2 fully saturated rings. The second kappa shape index (κ2) is 7.93. The summed E-state index contributed by atoms with van der Waals surface area (Å²) < 4.78 is 11.7. The molecule has 5 heteroatoms. The Labute approximate surface area is 148 Å². The molecule has 0 spiro atoms. The molecule has 1 N–H and O–H groups in total. The Bertz CT molecular complexity index is 676. The first-order valence-corrected chi connectivity index (χ1v) is 9.16. The average Bonchev–Trinajstić information content (AvgIpc) is 3.38. The molecule has 2 aliphatic rings. The summed E-state index contributed by atoms with van der Waals surface area (Å²) in [6, 6.07) is 6.73. The van der Waals surface area contributed by atoms with Gasteiger partial charge in [-0.1, -0.05) is 0 Å². The Kier molecular flexibility index (Phi) is 5.23. The van der Waals surface area contributed by atoms with Gasteiger partial charge >= 0.3 is 0 Å². The monoisotopic (exact) mass is 339 g/mol. The minimum atomic E-state index is 0.506. The predicted octanol–water partition coefficient (Wildman–Crippen LogP) is 2.58. The van der Waals surface area contributed by atoms with Crippen LogP contribution in [0, 0.1) is 5.92 Å². The fraction of sp³-hybridized carbons (Fsp3) is 0.500. The van der Waals surface area contributed by atoms with E-state index in [1.165, 1.54) is 24.0 Å². The van der Waals surface area contributed by atoms with Gasteiger partial charge in [0.1, 0.15) is 12.4 Å². The van der Waals surface area contributed by atoms with Crippen molar-refractivity contribution < 1.29 is 9.47 Å². The summed E-state index contributed by atoms with van der Waals surface area (Å²) in [5.74, 6) is 2.07. The smallest absolute Gasteiger partial charge is 0.137 e. The maximum Gasteiger partial charge on any atom is 0.137 e. The van der Waals surface area contributed by atoms with Crippen LogP contribution in [0.2, 0.25) is 0 Å². The van der Waals surface area contributed by atoms with Gasteiger partial charge in [-0.05, 0) is 67.0 Å². The van der Waals surface area contributed by atoms with Crippen LogP contribution < -0.4 is 10.1 Å². The van der Waals surface area contributed by atoms with Crippen molar-refractivity contribution in [1.29, 1.82) is 0 Å². The summed E-state index contributed by atoms with van der Waals surface area (Å²) in [6.07, 6.45) is 10.8. The molecular formula is C20H25N3O2. The first kappa shape index (κ1) is 16.5. The summed E-state index contributed by atoms with van der Waals surface area (Å²) in [7, 11) is 0. The molecule has 4 rings (SSSR count). The van der Waals surface area contributed by atoms with Crippen molar-refractivity contribution in [2.45, 2.75) is 31.2 Å². The van der Waals surface area contributed by atoms with Crippen molar-refractivity contribution in [3.63, 3.8) is 0 Å². The molecule has 2 aromatic rings. The van der Waals surface area contributed by atoms with E-state index in [-0.39, 0.29) is 0 Å². The average molecular weight is 339 g/mol. The first-order chi connectivity index (χ1) is 12.4. The molecule has 0 radical (unpaired) electrons. The zero-order chi connectivity index (χ0) is 16.9. The summed E-state index contributed by atoms with van der Waals surface area (Å²) in [5, 5.41) is 3.35. The van der Waals surface area contributed by atoms with Crippen molar-refractivity contribution in [3.8, 4) is 5.75 Å². The lowest BCUT2D eigenvalue weighted by Gasteiger charge is -2.27. The van der Waals surface area contributed by atoms with Crippen LogP contribution in [-0.2, 0) is 11.2 Å². The molecule has 1 aliphatic heterocycles. The number of nitrogens with zero attached hydrogens (tertiary/aromatic N) is 2. The number of ether oxygens (including phenoxy) is 2. The molecule has 132 valence electrons. The van der Waals surface area contributed by atoms with Crippen LogP contribution in [0.4, 0.5) is 0 Å². The fourth-order valence-electron chi connectivity index (χ4n) is 3.22. The molecule has 3 heterocycles. The Morgan fingerprint density at radius 3 is 2.80 bits per heavy atom. The van der Waals surface area contributed by atoms with Crippen LogP contribution in [-0.4, -0.2) is 42.4 Å². The van der Waals surface area contributed by atoms with E-state index in [0.29, 0.717) is 17.9 Å². The number of aromatic nitrogens is 2. The Balaban J connectivity index is 1.18. The van der Waals surface area contributed by atoms with Crippen LogP contribution in [0.5, 0.6) is 5.75 Å². The summed E-state index contributed by atoms with van der Waals surface area (Å²) in [6.45, 7) is 3.43. The third kappa shape index (κ3) is 4.55. The molecule has 0 aromatic carbocycles. The minimum Gasteiger partial charge on any atom is -0.490 e. The van der Waals surface area contributed by atoms with Gasteiger partial charge in [0.15, 0.2) is 0 Å². The Morgan fingerprint density at radius 2 is 2.00 bits per heavy atom. The van der Waals surface area contributed by atoms with Gasteiger partial charge in [-0.3, -0.25) is 9.97 Å². The molecule has 1 saturated heterocycles. The van der Waals surface area contributed by atoms with Crippen molar-refractivity contribution in [3.05, 3.63) is 54.1 Å². The van der Waals surface area contributed by atoms with E-state index in [4.69, 9.17) is 9.47 Å².